The van der Waals surface area contributed by atoms with E-state index in [1.807, 2.05) is 0 Å². The molecule has 0 unspecified atom stereocenters. The van der Waals surface area contributed by atoms with Crippen molar-refractivity contribution in [2.75, 3.05) is 12.8 Å². The van der Waals surface area contributed by atoms with Crippen LogP contribution in [0.15, 0.2) is 85.2 Å². The summed E-state index contributed by atoms with van der Waals surface area (Å²) in [5.74, 6) is 0. The molecule has 0 spiro atoms. The first-order valence-corrected chi connectivity index (χ1v) is 18.1. The van der Waals surface area contributed by atoms with E-state index in [9.17, 15) is 0 Å². The first kappa shape index (κ1) is 32.5. The van der Waals surface area contributed by atoms with Crippen molar-refractivity contribution in [2.24, 2.45) is 0 Å². The summed E-state index contributed by atoms with van der Waals surface area (Å²) in [6.07, 6.45) is 15.0. The number of aromatic nitrogens is 2. The Labute approximate surface area is 268 Å². The minimum Gasteiger partial charge on any atom is -0.748 e. The smallest absolute Gasteiger partial charge is 0.213 e. The maximum Gasteiger partial charge on any atom is 0.213 e. The van der Waals surface area contributed by atoms with E-state index in [0.717, 1.165) is 19.6 Å². The second-order valence-corrected chi connectivity index (χ2v) is 13.3. The van der Waals surface area contributed by atoms with E-state index in [4.69, 9.17) is 13.0 Å². The topological polar surface area (TPSA) is 70.1 Å². The van der Waals surface area contributed by atoms with Crippen LogP contribution in [0.5, 0.6) is 0 Å². The largest absolute Gasteiger partial charge is 0.748 e. The highest BCUT2D eigenvalue weighted by atomic mass is 32.2. The van der Waals surface area contributed by atoms with Gasteiger partial charge in [-0.2, -0.15) is 4.58 Å². The molecule has 0 saturated heterocycles. The molecule has 0 N–H and O–H groups in total. The van der Waals surface area contributed by atoms with Gasteiger partial charge in [0.25, 0.3) is 0 Å². The standard InChI is InChI=1S/C37H42N3.CH4O3S/c1-4-7-22-38-25-31(28-16-10-13-19-34(28)38)37(32-26-39(23-8-5-2)35-20-14-11-17-29(32)35)33-27-40(24-9-6-3)36-21-15-12-18-30(33)36;1-5(2,3)4/h10-21,25-27H,4-9,22-24H2,1-3H3;1H3,(H,2,3,4)/q+1;/p-1. The summed E-state index contributed by atoms with van der Waals surface area (Å²) >= 11 is 0. The van der Waals surface area contributed by atoms with Gasteiger partial charge in [-0.1, -0.05) is 88.6 Å². The van der Waals surface area contributed by atoms with Crippen LogP contribution in [0.2, 0.25) is 0 Å². The monoisotopic (exact) mass is 623 g/mol. The van der Waals surface area contributed by atoms with Gasteiger partial charge in [0.15, 0.2) is 6.21 Å². The predicted molar refractivity (Wildman–Crippen MR) is 187 cm³/mol. The first-order chi connectivity index (χ1) is 21.7. The number of nitrogens with zero attached hydrogens (tertiary/aromatic N) is 3. The number of unbranched alkanes of at least 4 members (excludes halogenated alkanes) is 3. The number of benzene rings is 3. The molecule has 0 aliphatic carbocycles. The summed E-state index contributed by atoms with van der Waals surface area (Å²) < 4.78 is 34.7. The van der Waals surface area contributed by atoms with Gasteiger partial charge in [-0.25, -0.2) is 8.42 Å². The molecule has 0 atom stereocenters. The molecule has 1 aliphatic heterocycles. The van der Waals surface area contributed by atoms with Crippen molar-refractivity contribution in [1.82, 2.24) is 9.13 Å². The van der Waals surface area contributed by atoms with E-state index in [2.05, 4.69) is 126 Å². The number of fused-ring (bicyclic) bond motifs is 3. The van der Waals surface area contributed by atoms with Crippen molar-refractivity contribution in [3.05, 3.63) is 102 Å². The lowest BCUT2D eigenvalue weighted by atomic mass is 9.90. The van der Waals surface area contributed by atoms with E-state index < -0.39 is 10.1 Å². The second-order valence-electron chi connectivity index (χ2n) is 11.9. The lowest BCUT2D eigenvalue weighted by molar-refractivity contribution is -0.432. The lowest BCUT2D eigenvalue weighted by Crippen LogP contribution is -2.04. The minimum absolute atomic E-state index is 0.604. The van der Waals surface area contributed by atoms with Crippen LogP contribution in [-0.2, 0) is 23.2 Å². The molecule has 1 aliphatic rings. The molecule has 5 aromatic rings. The Morgan fingerprint density at radius 3 is 1.69 bits per heavy atom. The fraction of sp³-hybridized carbons (Fsp3) is 0.342. The van der Waals surface area contributed by atoms with Gasteiger partial charge in [0.1, 0.15) is 6.54 Å². The average Bonchev–Trinajstić information content (AvgIpc) is 3.70. The number of hydrogen-bond donors (Lipinski definition) is 0. The van der Waals surface area contributed by atoms with Gasteiger partial charge < -0.3 is 13.7 Å². The molecule has 45 heavy (non-hydrogen) atoms. The Hall–Kier alpha value is -3.94. The van der Waals surface area contributed by atoms with Gasteiger partial charge in [-0.3, -0.25) is 0 Å². The van der Waals surface area contributed by atoms with Crippen LogP contribution in [0.1, 0.15) is 76.0 Å². The molecule has 0 saturated carbocycles. The van der Waals surface area contributed by atoms with Crippen LogP contribution in [0.3, 0.4) is 0 Å². The zero-order valence-electron chi connectivity index (χ0n) is 27.0. The Balaban J connectivity index is 0.000000743. The Morgan fingerprint density at radius 2 is 1.18 bits per heavy atom. The maximum absolute atomic E-state index is 9.08. The summed E-state index contributed by atoms with van der Waals surface area (Å²) in [5.41, 5.74) is 10.7. The molecule has 6 nitrogen and oxygen atoms in total. The van der Waals surface area contributed by atoms with Crippen molar-refractivity contribution in [1.29, 1.82) is 0 Å². The zero-order valence-corrected chi connectivity index (χ0v) is 27.8. The number of para-hydroxylation sites is 3. The van der Waals surface area contributed by atoms with Crippen molar-refractivity contribution in [3.63, 3.8) is 0 Å². The third-order valence-corrected chi connectivity index (χ3v) is 8.43. The van der Waals surface area contributed by atoms with Crippen LogP contribution >= 0.6 is 0 Å². The maximum atomic E-state index is 9.08. The predicted octanol–water partition coefficient (Wildman–Crippen LogP) is 8.85. The minimum atomic E-state index is -3.92. The molecular weight excluding hydrogens is 579 g/mol. The summed E-state index contributed by atoms with van der Waals surface area (Å²) in [5, 5.41) is 2.67. The molecular formula is C38H45N3O3S. The Morgan fingerprint density at radius 1 is 0.711 bits per heavy atom. The van der Waals surface area contributed by atoms with Crippen LogP contribution in [-0.4, -0.2) is 45.7 Å². The number of rotatable bonds is 11. The van der Waals surface area contributed by atoms with Crippen LogP contribution in [0.4, 0.5) is 5.69 Å². The highest BCUT2D eigenvalue weighted by Crippen LogP contribution is 2.44. The molecule has 2 aromatic heterocycles. The molecule has 6 rings (SSSR count). The summed E-state index contributed by atoms with van der Waals surface area (Å²) in [6.45, 7) is 9.96. The highest BCUT2D eigenvalue weighted by molar-refractivity contribution is 7.84. The van der Waals surface area contributed by atoms with Gasteiger partial charge >= 0.3 is 0 Å². The average molecular weight is 624 g/mol. The molecule has 0 radical (unpaired) electrons. The van der Waals surface area contributed by atoms with Crippen molar-refractivity contribution < 1.29 is 17.5 Å². The number of aryl methyl sites for hydroxylation is 2. The Bertz CT molecular complexity index is 1860. The molecule has 236 valence electrons. The normalized spacial score (nSPS) is 12.7. The third kappa shape index (κ3) is 7.32. The van der Waals surface area contributed by atoms with E-state index >= 15 is 0 Å². The second kappa shape index (κ2) is 14.4. The fourth-order valence-corrected chi connectivity index (χ4v) is 6.31. The Kier molecular flexibility index (Phi) is 10.4. The molecule has 0 amide bonds. The molecule has 3 aromatic carbocycles. The van der Waals surface area contributed by atoms with E-state index in [-0.39, 0.29) is 0 Å². The number of hydrogen-bond acceptors (Lipinski definition) is 3. The van der Waals surface area contributed by atoms with Crippen molar-refractivity contribution in [2.45, 2.75) is 72.4 Å². The molecule has 7 heteroatoms. The molecule has 0 bridgehead atoms. The SMILES string of the molecule is CCCCn1cc(C(=C2C=[N+](CCCC)c3ccccc32)c2cn(CCCC)c3ccccc23)c2ccccc21.CS(=O)(=O)[O-]. The van der Waals surface area contributed by atoms with Gasteiger partial charge in [0.2, 0.25) is 5.69 Å². The first-order valence-electron chi connectivity index (χ1n) is 16.3. The summed E-state index contributed by atoms with van der Waals surface area (Å²) in [7, 11) is -3.92. The third-order valence-electron chi connectivity index (χ3n) is 8.43. The van der Waals surface area contributed by atoms with E-state index in [1.54, 1.807) is 0 Å². The van der Waals surface area contributed by atoms with Crippen LogP contribution in [0.25, 0.3) is 33.0 Å². The van der Waals surface area contributed by atoms with Gasteiger partial charge in [0, 0.05) is 82.7 Å². The van der Waals surface area contributed by atoms with Crippen LogP contribution in [0, 0.1) is 0 Å². The van der Waals surface area contributed by atoms with Crippen molar-refractivity contribution >= 4 is 55.0 Å². The van der Waals surface area contributed by atoms with Gasteiger partial charge in [-0.05, 0) is 31.0 Å². The van der Waals surface area contributed by atoms with E-state index in [0.29, 0.717) is 6.26 Å². The van der Waals surface area contributed by atoms with Crippen molar-refractivity contribution in [3.8, 4) is 0 Å². The summed E-state index contributed by atoms with van der Waals surface area (Å²) in [4.78, 5) is 0. The zero-order chi connectivity index (χ0) is 32.0. The summed E-state index contributed by atoms with van der Waals surface area (Å²) in [6, 6.07) is 27.0. The molecule has 0 fully saturated rings. The molecule has 3 heterocycles. The highest BCUT2D eigenvalue weighted by Gasteiger charge is 2.31. The van der Waals surface area contributed by atoms with Crippen LogP contribution < -0.4 is 0 Å². The number of allylic oxidation sites excluding steroid dienone is 1. The van der Waals surface area contributed by atoms with Gasteiger partial charge in [0.05, 0.1) is 21.3 Å². The van der Waals surface area contributed by atoms with E-state index in [1.165, 1.54) is 93.9 Å². The van der Waals surface area contributed by atoms with Gasteiger partial charge in [-0.15, -0.1) is 0 Å². The lowest BCUT2D eigenvalue weighted by Gasteiger charge is -2.10. The quantitative estimate of drug-likeness (QED) is 0.109. The fourth-order valence-electron chi connectivity index (χ4n) is 6.31.